The fourth-order valence-electron chi connectivity index (χ4n) is 10.7. The van der Waals surface area contributed by atoms with E-state index in [-0.39, 0.29) is 26.1 Å². The summed E-state index contributed by atoms with van der Waals surface area (Å²) < 4.78 is 34.3. The number of nitrogens with zero attached hydrogens (tertiary/aromatic N) is 1. The standard InChI is InChI=1S/C84H146NO8P/c1-6-8-10-12-14-16-18-20-22-24-26-28-30-32-34-36-38-40-41-42-43-45-46-48-50-52-54-56-58-60-62-64-66-68-70-72-74-76-83(86)90-80-82(81-92-94(88,89)91-79-78-85(3,4)5)93-84(87)77-75-73-71-69-67-65-63-61-59-57-55-53-51-49-47-44-39-37-35-33-31-29-27-25-23-21-19-17-15-13-11-9-7-2/h9,11,15,17,21,23-24,26-27,29,33,35,39,44,49,51,55,57,61,63,67,69,82H,6-8,10,12-14,16,18-20,22,25,28,30-32,34,36-38,40-43,45-48,50,52-54,56,58-60,62,64-66,68,70-81H2,1-5H3/b11-9-,17-15-,23-21-,26-24-,29-27-,35-33-,44-39-,51-49-,57-55-,63-61-,69-67-. The number of rotatable bonds is 71. The van der Waals surface area contributed by atoms with Crippen LogP contribution in [-0.2, 0) is 32.7 Å². The van der Waals surface area contributed by atoms with E-state index in [4.69, 9.17) is 18.5 Å². The Kier molecular flexibility index (Phi) is 70.4. The van der Waals surface area contributed by atoms with Crippen LogP contribution in [0, 0.1) is 0 Å². The van der Waals surface area contributed by atoms with Crippen molar-refractivity contribution < 1.29 is 42.1 Å². The van der Waals surface area contributed by atoms with Gasteiger partial charge < -0.3 is 27.9 Å². The molecule has 540 valence electrons. The molecular formula is C84H146NO8P. The molecule has 9 nitrogen and oxygen atoms in total. The third-order valence-electron chi connectivity index (χ3n) is 16.7. The maximum absolute atomic E-state index is 12.9. The molecule has 2 unspecified atom stereocenters. The van der Waals surface area contributed by atoms with Crippen molar-refractivity contribution in [2.75, 3.05) is 47.5 Å². The molecule has 2 atom stereocenters. The van der Waals surface area contributed by atoms with Crippen LogP contribution in [0.25, 0.3) is 0 Å². The van der Waals surface area contributed by atoms with Gasteiger partial charge in [0.25, 0.3) is 7.82 Å². The lowest BCUT2D eigenvalue weighted by Crippen LogP contribution is -2.37. The molecule has 0 rings (SSSR count). The molecule has 0 aliphatic rings. The van der Waals surface area contributed by atoms with Gasteiger partial charge in [0.05, 0.1) is 27.7 Å². The predicted octanol–water partition coefficient (Wildman–Crippen LogP) is 25.3. The Balaban J connectivity index is 4.06. The second-order valence-electron chi connectivity index (χ2n) is 27.0. The number of hydrogen-bond acceptors (Lipinski definition) is 8. The summed E-state index contributed by atoms with van der Waals surface area (Å²) in [7, 11) is 1.13. The molecule has 0 aromatic carbocycles. The van der Waals surface area contributed by atoms with Crippen LogP contribution in [0.5, 0.6) is 0 Å². The van der Waals surface area contributed by atoms with Gasteiger partial charge in [0.15, 0.2) is 6.10 Å². The van der Waals surface area contributed by atoms with Gasteiger partial charge in [-0.05, 0) is 116 Å². The van der Waals surface area contributed by atoms with Gasteiger partial charge >= 0.3 is 11.9 Å². The Morgan fingerprint density at radius 2 is 0.606 bits per heavy atom. The minimum atomic E-state index is -4.67. The molecule has 10 heteroatoms. The second kappa shape index (κ2) is 73.4. The minimum Gasteiger partial charge on any atom is -0.756 e. The van der Waals surface area contributed by atoms with Gasteiger partial charge in [-0.3, -0.25) is 14.2 Å². The van der Waals surface area contributed by atoms with Crippen LogP contribution in [0.4, 0.5) is 0 Å². The third kappa shape index (κ3) is 77.2. The summed E-state index contributed by atoms with van der Waals surface area (Å²) in [5.74, 6) is -0.882. The number of likely N-dealkylation sites (N-methyl/N-ethyl adjacent to an activating group) is 1. The van der Waals surface area contributed by atoms with E-state index in [9.17, 15) is 19.0 Å². The van der Waals surface area contributed by atoms with E-state index >= 15 is 0 Å². The number of hydrogen-bond donors (Lipinski definition) is 0. The molecule has 0 saturated carbocycles. The summed E-state index contributed by atoms with van der Waals surface area (Å²) >= 11 is 0. The van der Waals surface area contributed by atoms with Crippen molar-refractivity contribution in [1.82, 2.24) is 0 Å². The number of carbonyl (C=O) groups is 2. The first-order chi connectivity index (χ1) is 46.0. The van der Waals surface area contributed by atoms with E-state index in [1.165, 1.54) is 205 Å². The molecule has 0 N–H and O–H groups in total. The van der Waals surface area contributed by atoms with Gasteiger partial charge in [-0.2, -0.15) is 0 Å². The first kappa shape index (κ1) is 90.2. The predicted molar refractivity (Wildman–Crippen MR) is 406 cm³/mol. The van der Waals surface area contributed by atoms with Crippen molar-refractivity contribution in [2.24, 2.45) is 0 Å². The highest BCUT2D eigenvalue weighted by Crippen LogP contribution is 2.38. The van der Waals surface area contributed by atoms with Crippen LogP contribution in [-0.4, -0.2) is 70.0 Å². The Labute approximate surface area is 581 Å². The lowest BCUT2D eigenvalue weighted by molar-refractivity contribution is -0.870. The molecule has 0 aliphatic carbocycles. The summed E-state index contributed by atoms with van der Waals surface area (Å²) in [4.78, 5) is 38.1. The van der Waals surface area contributed by atoms with Gasteiger partial charge in [0.1, 0.15) is 19.8 Å². The number of carbonyl (C=O) groups excluding carboxylic acids is 2. The van der Waals surface area contributed by atoms with Gasteiger partial charge in [-0.15, -0.1) is 0 Å². The molecule has 0 aromatic rings. The van der Waals surface area contributed by atoms with Crippen LogP contribution >= 0.6 is 7.82 Å². The summed E-state index contributed by atoms with van der Waals surface area (Å²) in [5, 5.41) is 0. The van der Waals surface area contributed by atoms with E-state index in [0.29, 0.717) is 17.4 Å². The number of ether oxygens (including phenoxy) is 2. The molecule has 0 saturated heterocycles. The minimum absolute atomic E-state index is 0.0450. The number of phosphoric acid groups is 1. The smallest absolute Gasteiger partial charge is 0.306 e. The normalized spacial score (nSPS) is 13.8. The van der Waals surface area contributed by atoms with E-state index < -0.39 is 32.5 Å². The van der Waals surface area contributed by atoms with Crippen molar-refractivity contribution in [3.8, 4) is 0 Å². The molecule has 0 aliphatic heterocycles. The second-order valence-corrected chi connectivity index (χ2v) is 28.4. The van der Waals surface area contributed by atoms with Crippen LogP contribution in [0.1, 0.15) is 335 Å². The van der Waals surface area contributed by atoms with Crippen LogP contribution < -0.4 is 4.89 Å². The molecule has 0 fully saturated rings. The van der Waals surface area contributed by atoms with E-state index in [2.05, 4.69) is 148 Å². The fourth-order valence-corrected chi connectivity index (χ4v) is 11.5. The first-order valence-corrected chi connectivity index (χ1v) is 40.4. The van der Waals surface area contributed by atoms with E-state index in [1.54, 1.807) is 0 Å². The molecule has 0 spiro atoms. The van der Waals surface area contributed by atoms with Crippen molar-refractivity contribution in [1.29, 1.82) is 0 Å². The Morgan fingerprint density at radius 3 is 0.936 bits per heavy atom. The molecule has 0 radical (unpaired) electrons. The molecule has 0 amide bonds. The quantitative estimate of drug-likeness (QED) is 0.0195. The zero-order valence-corrected chi connectivity index (χ0v) is 62.5. The molecule has 94 heavy (non-hydrogen) atoms. The average molecular weight is 1330 g/mol. The Hall–Kier alpha value is -3.85. The first-order valence-electron chi connectivity index (χ1n) is 38.9. The summed E-state index contributed by atoms with van der Waals surface area (Å²) in [6.07, 6.45) is 107. The van der Waals surface area contributed by atoms with Crippen LogP contribution in [0.15, 0.2) is 134 Å². The number of unbranched alkanes of at least 4 members (excludes halogenated alkanes) is 35. The van der Waals surface area contributed by atoms with Gasteiger partial charge in [-0.1, -0.05) is 340 Å². The topological polar surface area (TPSA) is 111 Å². The highest BCUT2D eigenvalue weighted by Gasteiger charge is 2.22. The zero-order valence-electron chi connectivity index (χ0n) is 61.6. The monoisotopic (exact) mass is 1330 g/mol. The van der Waals surface area contributed by atoms with Crippen LogP contribution in [0.2, 0.25) is 0 Å². The van der Waals surface area contributed by atoms with Crippen molar-refractivity contribution >= 4 is 19.8 Å². The van der Waals surface area contributed by atoms with Gasteiger partial charge in [0, 0.05) is 12.8 Å². The molecule has 0 aromatic heterocycles. The number of quaternary nitrogens is 1. The summed E-state index contributed by atoms with van der Waals surface area (Å²) in [6.45, 7) is 4.10. The SMILES string of the molecule is CC/C=C\C/C=C\C/C=C\C/C=C\C/C=C\C/C=C\C/C=C\C/C=C\C/C=C\C/C=C\CCCCC(=O)OC(COC(=O)CCCCCCCCCCCCCCCCCCCCCCCCCCC/C=C\CCCCCCCCCC)COP(=O)([O-])OCC[N+](C)(C)C. The lowest BCUT2D eigenvalue weighted by Gasteiger charge is -2.28. The maximum Gasteiger partial charge on any atom is 0.306 e. The number of esters is 2. The van der Waals surface area contributed by atoms with Crippen molar-refractivity contribution in [2.45, 2.75) is 341 Å². The summed E-state index contributed by atoms with van der Waals surface area (Å²) in [5.41, 5.74) is 0. The van der Waals surface area contributed by atoms with Crippen molar-refractivity contribution in [3.05, 3.63) is 134 Å². The van der Waals surface area contributed by atoms with E-state index in [1.807, 2.05) is 21.1 Å². The average Bonchev–Trinajstić information content (AvgIpc) is 1.56. The Bertz CT molecular complexity index is 2050. The molecule has 0 bridgehead atoms. The zero-order chi connectivity index (χ0) is 68.3. The van der Waals surface area contributed by atoms with Crippen LogP contribution in [0.3, 0.4) is 0 Å². The summed E-state index contributed by atoms with van der Waals surface area (Å²) in [6, 6.07) is 0. The highest BCUT2D eigenvalue weighted by molar-refractivity contribution is 7.45. The fraction of sp³-hybridized carbons (Fsp3) is 0.714. The van der Waals surface area contributed by atoms with Gasteiger partial charge in [0.2, 0.25) is 0 Å². The highest BCUT2D eigenvalue weighted by atomic mass is 31.2. The molecular weight excluding hydrogens is 1180 g/mol. The maximum atomic E-state index is 12.9. The Morgan fingerprint density at radius 1 is 0.340 bits per heavy atom. The molecule has 0 heterocycles. The number of allylic oxidation sites excluding steroid dienone is 22. The van der Waals surface area contributed by atoms with Crippen molar-refractivity contribution in [3.63, 3.8) is 0 Å². The third-order valence-corrected chi connectivity index (χ3v) is 17.6. The lowest BCUT2D eigenvalue weighted by atomic mass is 10.0. The number of phosphoric ester groups is 1. The van der Waals surface area contributed by atoms with Gasteiger partial charge in [-0.25, -0.2) is 0 Å². The largest absolute Gasteiger partial charge is 0.756 e. The van der Waals surface area contributed by atoms with E-state index in [0.717, 1.165) is 96.3 Å².